The zero-order valence-electron chi connectivity index (χ0n) is 12.8. The fourth-order valence-corrected chi connectivity index (χ4v) is 3.74. The molecule has 3 nitrogen and oxygen atoms in total. The van der Waals surface area contributed by atoms with E-state index in [1.54, 1.807) is 13.1 Å². The van der Waals surface area contributed by atoms with Gasteiger partial charge in [0.1, 0.15) is 17.3 Å². The van der Waals surface area contributed by atoms with Crippen LogP contribution in [0.15, 0.2) is 42.7 Å². The number of hydrogen-bond donors (Lipinski definition) is 0. The summed E-state index contributed by atoms with van der Waals surface area (Å²) in [5.74, 6) is -1.19. The second-order valence-corrected chi connectivity index (χ2v) is 7.21. The standard InChI is InChI=1S/C17H16F2N2OS/c1-11-5-4-8-21-9-13(20-17(11)21)10-23(22)12(2)16-14(18)6-3-7-15(16)19/h3-9,12H,10H2,1-2H3/t12-,23+/m1/s1. The molecule has 120 valence electrons. The second-order valence-electron chi connectivity index (χ2n) is 5.46. The molecular formula is C17H16F2N2OS. The summed E-state index contributed by atoms with van der Waals surface area (Å²) >= 11 is 0. The number of fused-ring (bicyclic) bond motifs is 1. The molecule has 0 unspecified atom stereocenters. The number of aromatic nitrogens is 2. The SMILES string of the molecule is Cc1cccn2cc(C[S@](=O)[C@H](C)c3c(F)cccc3F)nc12. The summed E-state index contributed by atoms with van der Waals surface area (Å²) < 4.78 is 42.0. The largest absolute Gasteiger partial charge is 0.307 e. The first kappa shape index (κ1) is 15.8. The van der Waals surface area contributed by atoms with Crippen LogP contribution < -0.4 is 0 Å². The van der Waals surface area contributed by atoms with Crippen LogP contribution in [0.25, 0.3) is 5.65 Å². The van der Waals surface area contributed by atoms with E-state index in [1.807, 2.05) is 29.7 Å². The molecule has 1 aromatic carbocycles. The van der Waals surface area contributed by atoms with E-state index < -0.39 is 27.7 Å². The third-order valence-corrected chi connectivity index (χ3v) is 5.42. The van der Waals surface area contributed by atoms with Gasteiger partial charge in [-0.15, -0.1) is 0 Å². The van der Waals surface area contributed by atoms with E-state index in [1.165, 1.54) is 18.2 Å². The van der Waals surface area contributed by atoms with Gasteiger partial charge in [-0.3, -0.25) is 4.21 Å². The Morgan fingerprint density at radius 3 is 2.57 bits per heavy atom. The molecule has 0 saturated carbocycles. The highest BCUT2D eigenvalue weighted by Crippen LogP contribution is 2.27. The molecule has 3 aromatic rings. The Balaban J connectivity index is 1.87. The second kappa shape index (κ2) is 6.20. The molecule has 6 heteroatoms. The first-order chi connectivity index (χ1) is 11.0. The van der Waals surface area contributed by atoms with Gasteiger partial charge < -0.3 is 4.40 Å². The zero-order chi connectivity index (χ0) is 16.6. The van der Waals surface area contributed by atoms with Crippen LogP contribution in [0, 0.1) is 18.6 Å². The third-order valence-electron chi connectivity index (χ3n) is 3.82. The number of hydrogen-bond acceptors (Lipinski definition) is 2. The van der Waals surface area contributed by atoms with Crippen LogP contribution >= 0.6 is 0 Å². The van der Waals surface area contributed by atoms with Crippen LogP contribution in [0.4, 0.5) is 8.78 Å². The number of aryl methyl sites for hydroxylation is 1. The Morgan fingerprint density at radius 1 is 1.22 bits per heavy atom. The molecule has 2 aromatic heterocycles. The van der Waals surface area contributed by atoms with Crippen LogP contribution in [0.3, 0.4) is 0 Å². The van der Waals surface area contributed by atoms with Gasteiger partial charge in [-0.05, 0) is 37.6 Å². The summed E-state index contributed by atoms with van der Waals surface area (Å²) in [4.78, 5) is 4.46. The molecule has 0 bridgehead atoms. The van der Waals surface area contributed by atoms with Crippen LogP contribution in [-0.4, -0.2) is 13.6 Å². The zero-order valence-corrected chi connectivity index (χ0v) is 13.6. The molecular weight excluding hydrogens is 318 g/mol. The molecule has 0 aliphatic heterocycles. The average Bonchev–Trinajstić information content (AvgIpc) is 2.91. The quantitative estimate of drug-likeness (QED) is 0.724. The summed E-state index contributed by atoms with van der Waals surface area (Å²) in [5, 5.41) is -0.748. The van der Waals surface area contributed by atoms with Gasteiger partial charge in [0.05, 0.1) is 16.7 Å². The van der Waals surface area contributed by atoms with Crippen molar-refractivity contribution in [3.63, 3.8) is 0 Å². The monoisotopic (exact) mass is 334 g/mol. The summed E-state index contributed by atoms with van der Waals surface area (Å²) in [5.41, 5.74) is 2.31. The van der Waals surface area contributed by atoms with Gasteiger partial charge in [-0.2, -0.15) is 0 Å². The minimum atomic E-state index is -1.48. The van der Waals surface area contributed by atoms with Crippen LogP contribution in [0.5, 0.6) is 0 Å². The lowest BCUT2D eigenvalue weighted by atomic mass is 10.1. The summed E-state index contributed by atoms with van der Waals surface area (Å²) in [6.45, 7) is 3.51. The number of nitrogens with zero attached hydrogens (tertiary/aromatic N) is 2. The van der Waals surface area contributed by atoms with E-state index in [-0.39, 0.29) is 11.3 Å². The fraction of sp³-hybridized carbons (Fsp3) is 0.235. The lowest BCUT2D eigenvalue weighted by Crippen LogP contribution is -2.09. The van der Waals surface area contributed by atoms with Gasteiger partial charge in [-0.25, -0.2) is 13.8 Å². The van der Waals surface area contributed by atoms with E-state index in [4.69, 9.17) is 0 Å². The number of imidazole rings is 1. The number of benzene rings is 1. The molecule has 0 radical (unpaired) electrons. The highest BCUT2D eigenvalue weighted by molar-refractivity contribution is 7.84. The van der Waals surface area contributed by atoms with E-state index in [0.717, 1.165) is 11.2 Å². The predicted molar refractivity (Wildman–Crippen MR) is 86.5 cm³/mol. The van der Waals surface area contributed by atoms with Crippen LogP contribution in [0.1, 0.15) is 29.0 Å². The van der Waals surface area contributed by atoms with Crippen molar-refractivity contribution in [2.24, 2.45) is 0 Å². The van der Waals surface area contributed by atoms with Crippen molar-refractivity contribution in [1.29, 1.82) is 0 Å². The molecule has 0 aliphatic carbocycles. The lowest BCUT2D eigenvalue weighted by molar-refractivity contribution is 0.553. The van der Waals surface area contributed by atoms with Crippen molar-refractivity contribution in [3.05, 3.63) is 71.2 Å². The molecule has 3 rings (SSSR count). The van der Waals surface area contributed by atoms with Gasteiger partial charge >= 0.3 is 0 Å². The van der Waals surface area contributed by atoms with E-state index >= 15 is 0 Å². The molecule has 0 amide bonds. The smallest absolute Gasteiger partial charge is 0.139 e. The summed E-state index contributed by atoms with van der Waals surface area (Å²) in [6.07, 6.45) is 3.66. The van der Waals surface area contributed by atoms with Crippen molar-refractivity contribution < 1.29 is 13.0 Å². The lowest BCUT2D eigenvalue weighted by Gasteiger charge is -2.12. The molecule has 0 spiro atoms. The third kappa shape index (κ3) is 3.03. The topological polar surface area (TPSA) is 34.4 Å². The van der Waals surface area contributed by atoms with Crippen LogP contribution in [-0.2, 0) is 16.6 Å². The summed E-state index contributed by atoms with van der Waals surface area (Å²) in [6, 6.07) is 7.51. The predicted octanol–water partition coefficient (Wildman–Crippen LogP) is 3.93. The first-order valence-electron chi connectivity index (χ1n) is 7.21. The molecule has 2 heterocycles. The van der Waals surface area contributed by atoms with Crippen molar-refractivity contribution >= 4 is 16.4 Å². The van der Waals surface area contributed by atoms with Crippen molar-refractivity contribution in [3.8, 4) is 0 Å². The molecule has 0 aliphatic rings. The highest BCUT2D eigenvalue weighted by Gasteiger charge is 2.22. The van der Waals surface area contributed by atoms with Gasteiger partial charge in [0.2, 0.25) is 0 Å². The Kier molecular flexibility index (Phi) is 4.26. The number of halogens is 2. The van der Waals surface area contributed by atoms with Gasteiger partial charge in [0.25, 0.3) is 0 Å². The van der Waals surface area contributed by atoms with Crippen LogP contribution in [0.2, 0.25) is 0 Å². The maximum absolute atomic E-state index is 13.8. The molecule has 23 heavy (non-hydrogen) atoms. The maximum Gasteiger partial charge on any atom is 0.139 e. The van der Waals surface area contributed by atoms with Crippen molar-refractivity contribution in [2.45, 2.75) is 24.9 Å². The Morgan fingerprint density at radius 2 is 1.91 bits per heavy atom. The van der Waals surface area contributed by atoms with Gasteiger partial charge in [-0.1, -0.05) is 12.1 Å². The Labute approximate surface area is 135 Å². The summed E-state index contributed by atoms with van der Waals surface area (Å²) in [7, 11) is -1.48. The molecule has 0 N–H and O–H groups in total. The first-order valence-corrected chi connectivity index (χ1v) is 8.60. The molecule has 0 saturated heterocycles. The average molecular weight is 334 g/mol. The highest BCUT2D eigenvalue weighted by atomic mass is 32.2. The van der Waals surface area contributed by atoms with Gasteiger partial charge in [0, 0.05) is 28.8 Å². The Bertz CT molecular complexity index is 871. The fourth-order valence-electron chi connectivity index (χ4n) is 2.58. The minimum Gasteiger partial charge on any atom is -0.307 e. The number of pyridine rings is 1. The maximum atomic E-state index is 13.8. The van der Waals surface area contributed by atoms with Crippen molar-refractivity contribution in [2.75, 3.05) is 0 Å². The van der Waals surface area contributed by atoms with Gasteiger partial charge in [0.15, 0.2) is 0 Å². The van der Waals surface area contributed by atoms with E-state index in [0.29, 0.717) is 5.69 Å². The van der Waals surface area contributed by atoms with E-state index in [2.05, 4.69) is 4.98 Å². The Hall–Kier alpha value is -2.08. The van der Waals surface area contributed by atoms with E-state index in [9.17, 15) is 13.0 Å². The van der Waals surface area contributed by atoms with Crippen molar-refractivity contribution in [1.82, 2.24) is 9.38 Å². The molecule has 2 atom stereocenters. The number of rotatable bonds is 4. The normalized spacial score (nSPS) is 14.1. The minimum absolute atomic E-state index is 0.134. The molecule has 0 fully saturated rings.